The van der Waals surface area contributed by atoms with Crippen LogP contribution in [0, 0.1) is 27.4 Å². The summed E-state index contributed by atoms with van der Waals surface area (Å²) in [5.41, 5.74) is -0.378. The fraction of sp³-hybridized carbons (Fsp3) is 0.417. The highest BCUT2D eigenvalue weighted by Gasteiger charge is 2.21. The number of nitrogens with zero attached hydrogens (tertiary/aromatic N) is 3. The fourth-order valence-electron chi connectivity index (χ4n) is 1.61. The highest BCUT2D eigenvalue weighted by atomic mass is 16.6. The van der Waals surface area contributed by atoms with Crippen molar-refractivity contribution < 1.29 is 14.8 Å². The van der Waals surface area contributed by atoms with Gasteiger partial charge in [0.2, 0.25) is 0 Å². The molecule has 0 radical (unpaired) electrons. The van der Waals surface area contributed by atoms with Crippen LogP contribution in [-0.4, -0.2) is 27.0 Å². The number of hydrogen-bond acceptors (Lipinski definition) is 6. The van der Waals surface area contributed by atoms with E-state index >= 15 is 0 Å². The Morgan fingerprint density at radius 3 is 2.75 bits per heavy atom. The van der Waals surface area contributed by atoms with Gasteiger partial charge in [-0.3, -0.25) is 10.1 Å². The van der Waals surface area contributed by atoms with E-state index in [9.17, 15) is 14.9 Å². The molecule has 0 fully saturated rings. The number of anilines is 1. The maximum Gasteiger partial charge on any atom is 0.326 e. The molecule has 2 N–H and O–H groups in total. The van der Waals surface area contributed by atoms with Crippen LogP contribution >= 0.6 is 0 Å². The lowest BCUT2D eigenvalue weighted by atomic mass is 10.0. The Hall–Kier alpha value is -2.69. The summed E-state index contributed by atoms with van der Waals surface area (Å²) >= 11 is 0. The standard InChI is InChI=1S/C12H14N4O4/c1-7(2)3-10(12(17)18)15-11-8(5-13)4-9(6-14-11)16(19)20/h4,6-7,10H,3H2,1-2H3,(H,14,15)(H,17,18). The molecule has 0 aliphatic heterocycles. The summed E-state index contributed by atoms with van der Waals surface area (Å²) in [7, 11) is 0. The third-order valence-corrected chi connectivity index (χ3v) is 2.52. The van der Waals surface area contributed by atoms with E-state index in [4.69, 9.17) is 10.4 Å². The summed E-state index contributed by atoms with van der Waals surface area (Å²) in [4.78, 5) is 24.8. The Morgan fingerprint density at radius 1 is 1.65 bits per heavy atom. The minimum absolute atomic E-state index is 0.0335. The zero-order valence-corrected chi connectivity index (χ0v) is 11.0. The van der Waals surface area contributed by atoms with Crippen LogP contribution in [0.15, 0.2) is 12.3 Å². The van der Waals surface area contributed by atoms with Crippen molar-refractivity contribution in [3.05, 3.63) is 27.9 Å². The summed E-state index contributed by atoms with van der Waals surface area (Å²) in [6.07, 6.45) is 1.33. The van der Waals surface area contributed by atoms with Gasteiger partial charge >= 0.3 is 5.97 Å². The molecule has 1 aromatic rings. The summed E-state index contributed by atoms with van der Waals surface area (Å²) < 4.78 is 0. The van der Waals surface area contributed by atoms with Gasteiger partial charge in [0.05, 0.1) is 4.92 Å². The molecule has 20 heavy (non-hydrogen) atoms. The van der Waals surface area contributed by atoms with E-state index in [-0.39, 0.29) is 23.0 Å². The summed E-state index contributed by atoms with van der Waals surface area (Å²) in [6.45, 7) is 3.73. The van der Waals surface area contributed by atoms with Gasteiger partial charge in [0.25, 0.3) is 5.69 Å². The van der Waals surface area contributed by atoms with E-state index in [1.165, 1.54) is 0 Å². The van der Waals surface area contributed by atoms with Crippen molar-refractivity contribution in [3.8, 4) is 6.07 Å². The number of rotatable bonds is 6. The molecule has 1 heterocycles. The van der Waals surface area contributed by atoms with E-state index in [0.717, 1.165) is 12.3 Å². The van der Waals surface area contributed by atoms with Crippen LogP contribution in [0.4, 0.5) is 11.5 Å². The summed E-state index contributed by atoms with van der Waals surface area (Å²) in [5, 5.41) is 31.3. The number of aliphatic carboxylic acids is 1. The van der Waals surface area contributed by atoms with Gasteiger partial charge in [0.15, 0.2) is 0 Å². The Morgan fingerprint density at radius 2 is 2.30 bits per heavy atom. The quantitative estimate of drug-likeness (QED) is 0.599. The largest absolute Gasteiger partial charge is 0.480 e. The van der Waals surface area contributed by atoms with Crippen molar-refractivity contribution in [2.24, 2.45) is 5.92 Å². The Kier molecular flexibility index (Phi) is 4.97. The molecule has 106 valence electrons. The predicted octanol–water partition coefficient (Wildman–Crippen LogP) is 1.77. The van der Waals surface area contributed by atoms with E-state index in [1.807, 2.05) is 13.8 Å². The Bertz CT molecular complexity index is 565. The van der Waals surface area contributed by atoms with Gasteiger partial charge in [-0.1, -0.05) is 13.8 Å². The fourth-order valence-corrected chi connectivity index (χ4v) is 1.61. The molecule has 8 nitrogen and oxygen atoms in total. The number of nitrogens with one attached hydrogen (secondary N) is 1. The van der Waals surface area contributed by atoms with E-state index in [1.54, 1.807) is 6.07 Å². The molecule has 0 saturated heterocycles. The number of carbonyl (C=O) groups is 1. The SMILES string of the molecule is CC(C)CC(Nc1ncc([N+](=O)[O-])cc1C#N)C(=O)O. The van der Waals surface area contributed by atoms with Gasteiger partial charge in [-0.05, 0) is 12.3 Å². The molecule has 0 aliphatic carbocycles. The Balaban J connectivity index is 3.04. The van der Waals surface area contributed by atoms with Crippen LogP contribution in [0.5, 0.6) is 0 Å². The van der Waals surface area contributed by atoms with Crippen LogP contribution in [0.3, 0.4) is 0 Å². The average Bonchev–Trinajstić information content (AvgIpc) is 2.37. The zero-order chi connectivity index (χ0) is 15.3. The molecular weight excluding hydrogens is 264 g/mol. The maximum absolute atomic E-state index is 11.1. The normalized spacial score (nSPS) is 11.7. The van der Waals surface area contributed by atoms with Gasteiger partial charge in [0.1, 0.15) is 29.7 Å². The number of pyridine rings is 1. The van der Waals surface area contributed by atoms with Crippen LogP contribution in [0.25, 0.3) is 0 Å². The third-order valence-electron chi connectivity index (χ3n) is 2.52. The van der Waals surface area contributed by atoms with Crippen LogP contribution < -0.4 is 5.32 Å². The topological polar surface area (TPSA) is 129 Å². The third kappa shape index (κ3) is 3.91. The first-order chi connectivity index (χ1) is 9.35. The van der Waals surface area contributed by atoms with E-state index in [2.05, 4.69) is 10.3 Å². The van der Waals surface area contributed by atoms with Crippen LogP contribution in [0.1, 0.15) is 25.8 Å². The zero-order valence-electron chi connectivity index (χ0n) is 11.0. The first-order valence-electron chi connectivity index (χ1n) is 5.89. The summed E-state index contributed by atoms with van der Waals surface area (Å²) in [5.74, 6) is -0.902. The Labute approximate surface area is 115 Å². The van der Waals surface area contributed by atoms with Gasteiger partial charge in [-0.2, -0.15) is 5.26 Å². The average molecular weight is 278 g/mol. The van der Waals surface area contributed by atoms with Gasteiger partial charge in [-0.15, -0.1) is 0 Å². The second-order valence-electron chi connectivity index (χ2n) is 4.62. The second kappa shape index (κ2) is 6.47. The molecule has 0 spiro atoms. The molecule has 0 aliphatic rings. The molecule has 1 aromatic heterocycles. The molecule has 8 heteroatoms. The van der Waals surface area contributed by atoms with Crippen LogP contribution in [0.2, 0.25) is 0 Å². The number of carboxylic acids is 1. The maximum atomic E-state index is 11.1. The number of carboxylic acid groups (broad SMARTS) is 1. The lowest BCUT2D eigenvalue weighted by Crippen LogP contribution is -2.31. The van der Waals surface area contributed by atoms with Gasteiger partial charge in [0, 0.05) is 6.07 Å². The molecule has 1 atom stereocenters. The molecule has 1 rings (SSSR count). The van der Waals surface area contributed by atoms with Crippen molar-refractivity contribution in [2.75, 3.05) is 5.32 Å². The molecule has 0 bridgehead atoms. The van der Waals surface area contributed by atoms with Crippen molar-refractivity contribution in [2.45, 2.75) is 26.3 Å². The number of aromatic nitrogens is 1. The van der Waals surface area contributed by atoms with Gasteiger partial charge < -0.3 is 10.4 Å². The van der Waals surface area contributed by atoms with Crippen molar-refractivity contribution >= 4 is 17.5 Å². The molecular formula is C12H14N4O4. The van der Waals surface area contributed by atoms with Crippen molar-refractivity contribution in [1.29, 1.82) is 5.26 Å². The van der Waals surface area contributed by atoms with Crippen LogP contribution in [-0.2, 0) is 4.79 Å². The lowest BCUT2D eigenvalue weighted by molar-refractivity contribution is -0.385. The van der Waals surface area contributed by atoms with E-state index in [0.29, 0.717) is 6.42 Å². The molecule has 1 unspecified atom stereocenters. The highest BCUT2D eigenvalue weighted by Crippen LogP contribution is 2.20. The smallest absolute Gasteiger partial charge is 0.326 e. The first kappa shape index (κ1) is 15.4. The predicted molar refractivity (Wildman–Crippen MR) is 70.1 cm³/mol. The van der Waals surface area contributed by atoms with Crippen molar-refractivity contribution in [1.82, 2.24) is 4.98 Å². The number of nitro groups is 1. The molecule has 0 amide bonds. The number of hydrogen-bond donors (Lipinski definition) is 2. The lowest BCUT2D eigenvalue weighted by Gasteiger charge is -2.17. The van der Waals surface area contributed by atoms with Gasteiger partial charge in [-0.25, -0.2) is 9.78 Å². The molecule has 0 saturated carbocycles. The highest BCUT2D eigenvalue weighted by molar-refractivity contribution is 5.77. The first-order valence-corrected chi connectivity index (χ1v) is 5.89. The van der Waals surface area contributed by atoms with Crippen molar-refractivity contribution in [3.63, 3.8) is 0 Å². The monoisotopic (exact) mass is 278 g/mol. The minimum Gasteiger partial charge on any atom is -0.480 e. The summed E-state index contributed by atoms with van der Waals surface area (Å²) in [6, 6.07) is 1.92. The number of nitriles is 1. The minimum atomic E-state index is -1.07. The van der Waals surface area contributed by atoms with E-state index < -0.39 is 16.9 Å². The second-order valence-corrected chi connectivity index (χ2v) is 4.62. The molecule has 0 aromatic carbocycles.